The molecule has 0 bridgehead atoms. The average Bonchev–Trinajstić information content (AvgIpc) is 2.86. The van der Waals surface area contributed by atoms with Crippen molar-refractivity contribution in [1.29, 1.82) is 0 Å². The molecule has 1 aliphatic heterocycles. The van der Waals surface area contributed by atoms with Crippen LogP contribution in [0.5, 0.6) is 0 Å². The van der Waals surface area contributed by atoms with Gasteiger partial charge in [-0.05, 0) is 32.6 Å². The summed E-state index contributed by atoms with van der Waals surface area (Å²) < 4.78 is 6.13. The molecule has 0 radical (unpaired) electrons. The average molecular weight is 226 g/mol. The third-order valence-corrected chi connectivity index (χ3v) is 3.93. The van der Waals surface area contributed by atoms with Crippen molar-refractivity contribution in [3.8, 4) is 0 Å². The van der Waals surface area contributed by atoms with Gasteiger partial charge in [0, 0.05) is 6.54 Å². The molecule has 1 aliphatic carbocycles. The normalized spacial score (nSPS) is 29.7. The van der Waals surface area contributed by atoms with Gasteiger partial charge in [0.2, 0.25) is 5.91 Å². The van der Waals surface area contributed by atoms with Gasteiger partial charge in [0.25, 0.3) is 0 Å². The van der Waals surface area contributed by atoms with Gasteiger partial charge in [-0.3, -0.25) is 4.79 Å². The van der Waals surface area contributed by atoms with Crippen LogP contribution in [0.3, 0.4) is 0 Å². The second-order valence-electron chi connectivity index (χ2n) is 5.20. The Bertz CT molecular complexity index is 262. The predicted octanol–water partition coefficient (Wildman–Crippen LogP) is 0.942. The van der Waals surface area contributed by atoms with Gasteiger partial charge in [0.1, 0.15) is 0 Å². The maximum Gasteiger partial charge on any atom is 0.234 e. The van der Waals surface area contributed by atoms with Gasteiger partial charge in [0.15, 0.2) is 0 Å². The van der Waals surface area contributed by atoms with Crippen LogP contribution in [-0.4, -0.2) is 30.2 Å². The molecule has 0 aromatic rings. The summed E-state index contributed by atoms with van der Waals surface area (Å²) in [6.07, 6.45) is 7.60. The van der Waals surface area contributed by atoms with E-state index >= 15 is 0 Å². The molecule has 3 N–H and O–H groups in total. The zero-order valence-corrected chi connectivity index (χ0v) is 10.00. The largest absolute Gasteiger partial charge is 0.370 e. The number of rotatable bonds is 4. The van der Waals surface area contributed by atoms with Crippen molar-refractivity contribution in [3.05, 3.63) is 0 Å². The fourth-order valence-corrected chi connectivity index (χ4v) is 2.84. The topological polar surface area (TPSA) is 64.3 Å². The second-order valence-corrected chi connectivity index (χ2v) is 5.20. The van der Waals surface area contributed by atoms with E-state index in [9.17, 15) is 4.79 Å². The van der Waals surface area contributed by atoms with Crippen LogP contribution in [0.25, 0.3) is 0 Å². The molecule has 1 saturated carbocycles. The molecule has 2 fully saturated rings. The maximum atomic E-state index is 10.9. The molecule has 16 heavy (non-hydrogen) atoms. The summed E-state index contributed by atoms with van der Waals surface area (Å²) in [4.78, 5) is 10.9. The highest BCUT2D eigenvalue weighted by Crippen LogP contribution is 2.43. The van der Waals surface area contributed by atoms with Crippen molar-refractivity contribution >= 4 is 5.91 Å². The van der Waals surface area contributed by atoms with Crippen molar-refractivity contribution in [1.82, 2.24) is 5.32 Å². The fourth-order valence-electron chi connectivity index (χ4n) is 2.84. The minimum atomic E-state index is -0.298. The Balaban J connectivity index is 1.74. The summed E-state index contributed by atoms with van der Waals surface area (Å²) in [5, 5.41) is 3.13. The first-order valence-electron chi connectivity index (χ1n) is 6.32. The van der Waals surface area contributed by atoms with E-state index in [1.54, 1.807) is 6.92 Å². The Labute approximate surface area is 96.9 Å². The van der Waals surface area contributed by atoms with Gasteiger partial charge in [0.05, 0.1) is 17.7 Å². The number of carbonyl (C=O) groups is 1. The molecule has 92 valence electrons. The molecule has 1 saturated heterocycles. The third kappa shape index (κ3) is 2.55. The molecule has 1 amide bonds. The summed E-state index contributed by atoms with van der Waals surface area (Å²) in [5.41, 5.74) is 5.38. The highest BCUT2D eigenvalue weighted by molar-refractivity contribution is 5.79. The molecular formula is C12H22N2O2. The molecule has 4 nitrogen and oxygen atoms in total. The smallest absolute Gasteiger partial charge is 0.234 e. The number of hydrogen-bond acceptors (Lipinski definition) is 3. The molecule has 2 atom stereocenters. The third-order valence-electron chi connectivity index (χ3n) is 3.93. The minimum absolute atomic E-state index is 0.183. The van der Waals surface area contributed by atoms with Crippen LogP contribution in [0.15, 0.2) is 0 Å². The Kier molecular flexibility index (Phi) is 3.50. The van der Waals surface area contributed by atoms with Crippen LogP contribution in [0.2, 0.25) is 0 Å². The van der Waals surface area contributed by atoms with Gasteiger partial charge in [-0.25, -0.2) is 0 Å². The minimum Gasteiger partial charge on any atom is -0.370 e. The Morgan fingerprint density at radius 2 is 2.19 bits per heavy atom. The van der Waals surface area contributed by atoms with Crippen LogP contribution >= 0.6 is 0 Å². The van der Waals surface area contributed by atoms with E-state index in [1.165, 1.54) is 32.1 Å². The molecule has 2 aliphatic rings. The molecule has 0 aromatic heterocycles. The van der Waals surface area contributed by atoms with Gasteiger partial charge < -0.3 is 15.8 Å². The maximum absolute atomic E-state index is 10.9. The number of carbonyl (C=O) groups excluding carboxylic acids is 1. The SMILES string of the molecule is CC(NCC1CCC2(CCCC2)O1)C(N)=O. The Hall–Kier alpha value is -0.610. The number of amides is 1. The van der Waals surface area contributed by atoms with Crippen LogP contribution in [0, 0.1) is 0 Å². The van der Waals surface area contributed by atoms with Crippen LogP contribution in [0.1, 0.15) is 45.4 Å². The number of hydrogen-bond donors (Lipinski definition) is 2. The van der Waals surface area contributed by atoms with E-state index in [-0.39, 0.29) is 23.7 Å². The van der Waals surface area contributed by atoms with Crippen LogP contribution < -0.4 is 11.1 Å². The lowest BCUT2D eigenvalue weighted by atomic mass is 9.98. The molecule has 1 heterocycles. The van der Waals surface area contributed by atoms with Crippen LogP contribution in [0.4, 0.5) is 0 Å². The Morgan fingerprint density at radius 3 is 2.81 bits per heavy atom. The zero-order valence-electron chi connectivity index (χ0n) is 10.00. The van der Waals surface area contributed by atoms with Crippen molar-refractivity contribution in [2.45, 2.75) is 63.2 Å². The first-order valence-corrected chi connectivity index (χ1v) is 6.32. The lowest BCUT2D eigenvalue weighted by Crippen LogP contribution is -2.42. The monoisotopic (exact) mass is 226 g/mol. The standard InChI is InChI=1S/C12H22N2O2/c1-9(11(13)15)14-8-10-4-7-12(16-10)5-2-3-6-12/h9-10,14H,2-8H2,1H3,(H2,13,15). The van der Waals surface area contributed by atoms with Crippen molar-refractivity contribution < 1.29 is 9.53 Å². The number of ether oxygens (including phenoxy) is 1. The fraction of sp³-hybridized carbons (Fsp3) is 0.917. The molecule has 4 heteroatoms. The van der Waals surface area contributed by atoms with E-state index in [1.807, 2.05) is 0 Å². The second kappa shape index (κ2) is 4.72. The van der Waals surface area contributed by atoms with Crippen molar-refractivity contribution in [2.24, 2.45) is 5.73 Å². The van der Waals surface area contributed by atoms with Gasteiger partial charge >= 0.3 is 0 Å². The highest BCUT2D eigenvalue weighted by atomic mass is 16.5. The summed E-state index contributed by atoms with van der Waals surface area (Å²) in [7, 11) is 0. The molecule has 2 unspecified atom stereocenters. The van der Waals surface area contributed by atoms with E-state index in [2.05, 4.69) is 5.32 Å². The van der Waals surface area contributed by atoms with Crippen molar-refractivity contribution in [2.75, 3.05) is 6.54 Å². The molecule has 2 rings (SSSR count). The molecular weight excluding hydrogens is 204 g/mol. The van der Waals surface area contributed by atoms with E-state index < -0.39 is 0 Å². The molecule has 0 aromatic carbocycles. The highest BCUT2D eigenvalue weighted by Gasteiger charge is 2.41. The zero-order chi connectivity index (χ0) is 11.6. The van der Waals surface area contributed by atoms with Gasteiger partial charge in [-0.15, -0.1) is 0 Å². The number of nitrogens with one attached hydrogen (secondary N) is 1. The number of primary amides is 1. The van der Waals surface area contributed by atoms with Gasteiger partial charge in [-0.1, -0.05) is 12.8 Å². The summed E-state index contributed by atoms with van der Waals surface area (Å²) in [5.74, 6) is -0.298. The predicted molar refractivity (Wildman–Crippen MR) is 62.0 cm³/mol. The lowest BCUT2D eigenvalue weighted by Gasteiger charge is -2.24. The first-order chi connectivity index (χ1) is 7.61. The lowest BCUT2D eigenvalue weighted by molar-refractivity contribution is -0.119. The van der Waals surface area contributed by atoms with E-state index in [4.69, 9.17) is 10.5 Å². The van der Waals surface area contributed by atoms with E-state index in [0.717, 1.165) is 13.0 Å². The first kappa shape index (κ1) is 11.9. The molecule has 1 spiro atoms. The van der Waals surface area contributed by atoms with Crippen molar-refractivity contribution in [3.63, 3.8) is 0 Å². The summed E-state index contributed by atoms with van der Waals surface area (Å²) in [6, 6.07) is -0.260. The summed E-state index contributed by atoms with van der Waals surface area (Å²) >= 11 is 0. The summed E-state index contributed by atoms with van der Waals surface area (Å²) in [6.45, 7) is 2.54. The number of nitrogens with two attached hydrogens (primary N) is 1. The van der Waals surface area contributed by atoms with E-state index in [0.29, 0.717) is 0 Å². The van der Waals surface area contributed by atoms with Crippen LogP contribution in [-0.2, 0) is 9.53 Å². The Morgan fingerprint density at radius 1 is 1.50 bits per heavy atom. The quantitative estimate of drug-likeness (QED) is 0.750. The van der Waals surface area contributed by atoms with Gasteiger partial charge in [-0.2, -0.15) is 0 Å².